The minimum absolute atomic E-state index is 0.0890. The molecule has 0 aromatic heterocycles. The minimum atomic E-state index is -3.60. The normalized spacial score (nSPS) is 11.6. The van der Waals surface area contributed by atoms with Gasteiger partial charge in [0.25, 0.3) is 0 Å². The van der Waals surface area contributed by atoms with Gasteiger partial charge in [0.05, 0.1) is 23.0 Å². The van der Waals surface area contributed by atoms with Crippen LogP contribution in [0.15, 0.2) is 23.1 Å². The van der Waals surface area contributed by atoms with E-state index in [1.54, 1.807) is 0 Å². The van der Waals surface area contributed by atoms with Crippen molar-refractivity contribution in [3.05, 3.63) is 24.0 Å². The Kier molecular flexibility index (Phi) is 3.62. The van der Waals surface area contributed by atoms with Crippen molar-refractivity contribution < 1.29 is 17.2 Å². The Labute approximate surface area is 86.8 Å². The summed E-state index contributed by atoms with van der Waals surface area (Å²) < 4.78 is 47.8. The van der Waals surface area contributed by atoms with Crippen LogP contribution in [0.5, 0.6) is 0 Å². The molecule has 1 rings (SSSR count). The predicted octanol–water partition coefficient (Wildman–Crippen LogP) is 1.54. The van der Waals surface area contributed by atoms with E-state index in [4.69, 9.17) is 5.73 Å². The van der Waals surface area contributed by atoms with Gasteiger partial charge in [0.2, 0.25) is 0 Å². The molecule has 3 nitrogen and oxygen atoms in total. The van der Waals surface area contributed by atoms with Crippen LogP contribution in [0.3, 0.4) is 0 Å². The van der Waals surface area contributed by atoms with E-state index in [-0.39, 0.29) is 22.8 Å². The molecule has 0 heterocycles. The molecule has 0 bridgehead atoms. The number of sulfone groups is 1. The van der Waals surface area contributed by atoms with Crippen LogP contribution in [-0.4, -0.2) is 20.8 Å². The third-order valence-electron chi connectivity index (χ3n) is 1.88. The lowest BCUT2D eigenvalue weighted by Gasteiger charge is -2.04. The maximum absolute atomic E-state index is 13.0. The van der Waals surface area contributed by atoms with Gasteiger partial charge in [-0.3, -0.25) is 4.39 Å². The fourth-order valence-corrected chi connectivity index (χ4v) is 2.35. The summed E-state index contributed by atoms with van der Waals surface area (Å²) in [7, 11) is -3.60. The summed E-state index contributed by atoms with van der Waals surface area (Å²) in [5.41, 5.74) is 5.09. The third kappa shape index (κ3) is 2.89. The highest BCUT2D eigenvalue weighted by atomic mass is 32.2. The first-order valence-electron chi connectivity index (χ1n) is 4.31. The van der Waals surface area contributed by atoms with Crippen LogP contribution in [0.25, 0.3) is 0 Å². The van der Waals surface area contributed by atoms with Crippen molar-refractivity contribution in [2.45, 2.75) is 11.3 Å². The third-order valence-corrected chi connectivity index (χ3v) is 3.68. The van der Waals surface area contributed by atoms with E-state index in [1.807, 2.05) is 0 Å². The van der Waals surface area contributed by atoms with Crippen molar-refractivity contribution in [1.29, 1.82) is 0 Å². The van der Waals surface area contributed by atoms with Gasteiger partial charge >= 0.3 is 0 Å². The molecule has 0 amide bonds. The largest absolute Gasteiger partial charge is 0.396 e. The van der Waals surface area contributed by atoms with E-state index in [0.29, 0.717) is 0 Å². The van der Waals surface area contributed by atoms with E-state index in [1.165, 1.54) is 12.1 Å². The number of anilines is 1. The van der Waals surface area contributed by atoms with E-state index >= 15 is 0 Å². The van der Waals surface area contributed by atoms with Crippen molar-refractivity contribution >= 4 is 15.5 Å². The molecule has 0 atom stereocenters. The van der Waals surface area contributed by atoms with Crippen LogP contribution >= 0.6 is 0 Å². The van der Waals surface area contributed by atoms with Crippen LogP contribution in [-0.2, 0) is 9.84 Å². The highest BCUT2D eigenvalue weighted by molar-refractivity contribution is 7.91. The number of nitrogens with two attached hydrogens (primary N) is 1. The van der Waals surface area contributed by atoms with Gasteiger partial charge in [-0.1, -0.05) is 0 Å². The topological polar surface area (TPSA) is 60.2 Å². The Morgan fingerprint density at radius 3 is 2.53 bits per heavy atom. The Bertz CT molecular complexity index is 445. The van der Waals surface area contributed by atoms with Crippen molar-refractivity contribution in [3.8, 4) is 0 Å². The molecule has 2 N–H and O–H groups in total. The smallest absolute Gasteiger partial charge is 0.178 e. The lowest BCUT2D eigenvalue weighted by Crippen LogP contribution is -2.08. The molecule has 0 saturated heterocycles. The fraction of sp³-hybridized carbons (Fsp3) is 0.333. The second kappa shape index (κ2) is 4.57. The zero-order chi connectivity index (χ0) is 11.5. The highest BCUT2D eigenvalue weighted by Crippen LogP contribution is 2.17. The quantitative estimate of drug-likeness (QED) is 0.805. The fourth-order valence-electron chi connectivity index (χ4n) is 1.06. The van der Waals surface area contributed by atoms with Gasteiger partial charge in [0, 0.05) is 0 Å². The Morgan fingerprint density at radius 1 is 1.33 bits per heavy atom. The molecule has 6 heteroatoms. The van der Waals surface area contributed by atoms with Crippen molar-refractivity contribution in [2.75, 3.05) is 18.2 Å². The average molecular weight is 235 g/mol. The first-order valence-corrected chi connectivity index (χ1v) is 5.96. The molecule has 1 aromatic rings. The number of benzene rings is 1. The second-order valence-electron chi connectivity index (χ2n) is 3.04. The molecule has 0 aliphatic rings. The van der Waals surface area contributed by atoms with Crippen molar-refractivity contribution in [3.63, 3.8) is 0 Å². The molecular formula is C9H11F2NO2S. The van der Waals surface area contributed by atoms with E-state index in [0.717, 1.165) is 6.07 Å². The van der Waals surface area contributed by atoms with Crippen LogP contribution in [0.2, 0.25) is 0 Å². The summed E-state index contributed by atoms with van der Waals surface area (Å²) in [4.78, 5) is -0.164. The number of hydrogen-bond acceptors (Lipinski definition) is 3. The molecule has 84 valence electrons. The molecule has 1 aromatic carbocycles. The number of hydrogen-bond donors (Lipinski definition) is 1. The predicted molar refractivity (Wildman–Crippen MR) is 53.5 cm³/mol. The maximum atomic E-state index is 13.0. The van der Waals surface area contributed by atoms with Crippen molar-refractivity contribution in [1.82, 2.24) is 0 Å². The Hall–Kier alpha value is -1.17. The van der Waals surface area contributed by atoms with Gasteiger partial charge < -0.3 is 5.73 Å². The summed E-state index contributed by atoms with van der Waals surface area (Å²) in [6.45, 7) is -0.712. The number of nitrogen functional groups attached to an aromatic ring is 1. The molecule has 0 aliphatic heterocycles. The first kappa shape index (κ1) is 11.9. The molecule has 0 aliphatic carbocycles. The van der Waals surface area contributed by atoms with Crippen LogP contribution in [0.4, 0.5) is 14.5 Å². The van der Waals surface area contributed by atoms with E-state index in [2.05, 4.69) is 0 Å². The minimum Gasteiger partial charge on any atom is -0.396 e. The molecule has 0 fully saturated rings. The van der Waals surface area contributed by atoms with Gasteiger partial charge in [-0.05, 0) is 24.6 Å². The lowest BCUT2D eigenvalue weighted by molar-refractivity contribution is 0.484. The second-order valence-corrected chi connectivity index (χ2v) is 5.15. The monoisotopic (exact) mass is 235 g/mol. The lowest BCUT2D eigenvalue weighted by atomic mass is 10.3. The summed E-state index contributed by atoms with van der Waals surface area (Å²) in [6.07, 6.45) is -0.0890. The number of rotatable bonds is 4. The number of halogens is 2. The standard InChI is InChI=1S/C9H11F2NO2S/c10-4-1-5-15(13,14)7-2-3-9(12)8(11)6-7/h2-3,6H,1,4-5,12H2. The molecule has 0 unspecified atom stereocenters. The molecule has 0 saturated carbocycles. The van der Waals surface area contributed by atoms with Gasteiger partial charge in [0.1, 0.15) is 5.82 Å². The highest BCUT2D eigenvalue weighted by Gasteiger charge is 2.15. The average Bonchev–Trinajstić information content (AvgIpc) is 2.19. The van der Waals surface area contributed by atoms with Gasteiger partial charge in [-0.2, -0.15) is 0 Å². The summed E-state index contributed by atoms with van der Waals surface area (Å²) in [5.74, 6) is -1.11. The molecule has 0 spiro atoms. The Balaban J connectivity index is 3.00. The maximum Gasteiger partial charge on any atom is 0.178 e. The van der Waals surface area contributed by atoms with Crippen LogP contribution in [0, 0.1) is 5.82 Å². The molecule has 0 radical (unpaired) electrons. The van der Waals surface area contributed by atoms with Gasteiger partial charge in [-0.25, -0.2) is 12.8 Å². The van der Waals surface area contributed by atoms with Gasteiger partial charge in [0.15, 0.2) is 9.84 Å². The van der Waals surface area contributed by atoms with Gasteiger partial charge in [-0.15, -0.1) is 0 Å². The zero-order valence-electron chi connectivity index (χ0n) is 7.91. The Morgan fingerprint density at radius 2 is 2.00 bits per heavy atom. The summed E-state index contributed by atoms with van der Waals surface area (Å²) in [5, 5.41) is 0. The SMILES string of the molecule is Nc1ccc(S(=O)(=O)CCCF)cc1F. The first-order chi connectivity index (χ1) is 6.97. The van der Waals surface area contributed by atoms with E-state index in [9.17, 15) is 17.2 Å². The van der Waals surface area contributed by atoms with Crippen LogP contribution < -0.4 is 5.73 Å². The molecule has 15 heavy (non-hydrogen) atoms. The molecular weight excluding hydrogens is 224 g/mol. The summed E-state index contributed by atoms with van der Waals surface area (Å²) >= 11 is 0. The van der Waals surface area contributed by atoms with E-state index < -0.39 is 22.3 Å². The summed E-state index contributed by atoms with van der Waals surface area (Å²) in [6, 6.07) is 3.24. The number of alkyl halides is 1. The van der Waals surface area contributed by atoms with Crippen LogP contribution in [0.1, 0.15) is 6.42 Å². The van der Waals surface area contributed by atoms with Crippen molar-refractivity contribution in [2.24, 2.45) is 0 Å². The zero-order valence-corrected chi connectivity index (χ0v) is 8.73.